The number of ether oxygens (including phenoxy) is 2. The van der Waals surface area contributed by atoms with E-state index in [-0.39, 0.29) is 11.5 Å². The summed E-state index contributed by atoms with van der Waals surface area (Å²) in [5.74, 6) is 0.176. The third-order valence-corrected chi connectivity index (χ3v) is 4.57. The molecule has 2 amide bonds. The SMILES string of the molecule is COC(=O)NS(=O)(=O)c1ccc(NC(=O)COc2ccc(C)cc2)cc1. The maximum Gasteiger partial charge on any atom is 0.420 e. The number of nitrogens with one attached hydrogen (secondary N) is 2. The van der Waals surface area contributed by atoms with E-state index in [1.165, 1.54) is 24.3 Å². The summed E-state index contributed by atoms with van der Waals surface area (Å²) in [5.41, 5.74) is 1.47. The second kappa shape index (κ2) is 8.34. The van der Waals surface area contributed by atoms with E-state index in [2.05, 4.69) is 10.1 Å². The molecule has 0 unspecified atom stereocenters. The predicted octanol–water partition coefficient (Wildman–Crippen LogP) is 2.06. The highest BCUT2D eigenvalue weighted by atomic mass is 32.2. The van der Waals surface area contributed by atoms with Crippen LogP contribution in [0.1, 0.15) is 5.56 Å². The molecule has 0 aromatic heterocycles. The molecule has 2 aromatic rings. The van der Waals surface area contributed by atoms with Crippen LogP contribution in [-0.2, 0) is 19.6 Å². The second-order valence-electron chi connectivity index (χ2n) is 5.27. The van der Waals surface area contributed by atoms with Gasteiger partial charge in [0.2, 0.25) is 0 Å². The summed E-state index contributed by atoms with van der Waals surface area (Å²) in [5, 5.41) is 2.58. The van der Waals surface area contributed by atoms with Crippen LogP contribution in [0, 0.1) is 6.92 Å². The molecule has 0 radical (unpaired) electrons. The zero-order valence-electron chi connectivity index (χ0n) is 14.2. The number of carbonyl (C=O) groups is 2. The first kappa shape index (κ1) is 19.3. The molecule has 0 fully saturated rings. The summed E-state index contributed by atoms with van der Waals surface area (Å²) in [6.07, 6.45) is -1.09. The van der Waals surface area contributed by atoms with Gasteiger partial charge >= 0.3 is 6.09 Å². The third-order valence-electron chi connectivity index (χ3n) is 3.24. The molecule has 9 heteroatoms. The van der Waals surface area contributed by atoms with Crippen LogP contribution >= 0.6 is 0 Å². The normalized spacial score (nSPS) is 10.7. The van der Waals surface area contributed by atoms with E-state index in [0.717, 1.165) is 12.7 Å². The van der Waals surface area contributed by atoms with Gasteiger partial charge in [-0.1, -0.05) is 17.7 Å². The number of carbonyl (C=O) groups excluding carboxylic acids is 2. The van der Waals surface area contributed by atoms with Crippen molar-refractivity contribution in [3.63, 3.8) is 0 Å². The van der Waals surface area contributed by atoms with E-state index in [9.17, 15) is 18.0 Å². The Morgan fingerprint density at radius 3 is 2.19 bits per heavy atom. The molecule has 0 aliphatic heterocycles. The zero-order chi connectivity index (χ0) is 19.2. The Labute approximate surface area is 151 Å². The van der Waals surface area contributed by atoms with Crippen molar-refractivity contribution < 1.29 is 27.5 Å². The van der Waals surface area contributed by atoms with Gasteiger partial charge in [0.15, 0.2) is 6.61 Å². The van der Waals surface area contributed by atoms with E-state index in [4.69, 9.17) is 4.74 Å². The van der Waals surface area contributed by atoms with E-state index in [1.807, 2.05) is 19.1 Å². The number of rotatable bonds is 6. The Hall–Kier alpha value is -3.07. The highest BCUT2D eigenvalue weighted by Crippen LogP contribution is 2.15. The van der Waals surface area contributed by atoms with Crippen molar-refractivity contribution in [2.24, 2.45) is 0 Å². The molecule has 2 aromatic carbocycles. The molecule has 0 aliphatic carbocycles. The number of anilines is 1. The minimum absolute atomic E-state index is 0.142. The number of hydrogen-bond acceptors (Lipinski definition) is 6. The van der Waals surface area contributed by atoms with Crippen LogP contribution in [0.4, 0.5) is 10.5 Å². The molecule has 2 N–H and O–H groups in total. The van der Waals surface area contributed by atoms with Crippen LogP contribution in [0.15, 0.2) is 53.4 Å². The summed E-state index contributed by atoms with van der Waals surface area (Å²) in [6, 6.07) is 12.6. The van der Waals surface area contributed by atoms with Gasteiger partial charge in [0, 0.05) is 5.69 Å². The number of methoxy groups -OCH3 is 1. The van der Waals surface area contributed by atoms with Crippen LogP contribution in [0.3, 0.4) is 0 Å². The molecular weight excluding hydrogens is 360 g/mol. The van der Waals surface area contributed by atoms with Crippen molar-refractivity contribution in [1.82, 2.24) is 4.72 Å². The standard InChI is InChI=1S/C17H18N2O6S/c1-12-3-7-14(8-4-12)25-11-16(20)18-13-5-9-15(10-6-13)26(22,23)19-17(21)24-2/h3-10H,11H2,1-2H3,(H,18,20)(H,19,21). The number of aryl methyl sites for hydroxylation is 1. The molecule has 0 atom stereocenters. The Kier molecular flexibility index (Phi) is 6.18. The first-order chi connectivity index (χ1) is 12.3. The lowest BCUT2D eigenvalue weighted by Gasteiger charge is -2.09. The number of sulfonamides is 1. The van der Waals surface area contributed by atoms with Crippen LogP contribution in [0.25, 0.3) is 0 Å². The number of hydrogen-bond donors (Lipinski definition) is 2. The predicted molar refractivity (Wildman–Crippen MR) is 94.5 cm³/mol. The molecule has 0 spiro atoms. The quantitative estimate of drug-likeness (QED) is 0.796. The fourth-order valence-electron chi connectivity index (χ4n) is 1.91. The maximum atomic E-state index is 11.9. The van der Waals surface area contributed by atoms with Gasteiger partial charge in [0.1, 0.15) is 5.75 Å². The smallest absolute Gasteiger partial charge is 0.420 e. The first-order valence-electron chi connectivity index (χ1n) is 7.50. The van der Waals surface area contributed by atoms with Gasteiger partial charge in [-0.2, -0.15) is 0 Å². The highest BCUT2D eigenvalue weighted by Gasteiger charge is 2.17. The Morgan fingerprint density at radius 2 is 1.62 bits per heavy atom. The molecule has 0 aliphatic rings. The maximum absolute atomic E-state index is 11.9. The van der Waals surface area contributed by atoms with Crippen molar-refractivity contribution in [3.05, 3.63) is 54.1 Å². The van der Waals surface area contributed by atoms with Crippen molar-refractivity contribution >= 4 is 27.7 Å². The van der Waals surface area contributed by atoms with Crippen LogP contribution < -0.4 is 14.8 Å². The van der Waals surface area contributed by atoms with E-state index in [1.54, 1.807) is 16.9 Å². The van der Waals surface area contributed by atoms with Crippen molar-refractivity contribution in [2.75, 3.05) is 19.0 Å². The van der Waals surface area contributed by atoms with Gasteiger partial charge in [0.25, 0.3) is 15.9 Å². The van der Waals surface area contributed by atoms with Crippen molar-refractivity contribution in [2.45, 2.75) is 11.8 Å². The molecule has 138 valence electrons. The first-order valence-corrected chi connectivity index (χ1v) is 8.98. The van der Waals surface area contributed by atoms with Gasteiger partial charge in [-0.15, -0.1) is 0 Å². The van der Waals surface area contributed by atoms with Crippen molar-refractivity contribution in [1.29, 1.82) is 0 Å². The summed E-state index contributed by atoms with van der Waals surface area (Å²) in [4.78, 5) is 22.8. The highest BCUT2D eigenvalue weighted by molar-refractivity contribution is 7.90. The molecule has 0 heterocycles. The molecule has 2 rings (SSSR count). The molecular formula is C17H18N2O6S. The number of amides is 2. The van der Waals surface area contributed by atoms with E-state index in [0.29, 0.717) is 11.4 Å². The van der Waals surface area contributed by atoms with E-state index >= 15 is 0 Å². The molecule has 0 bridgehead atoms. The minimum atomic E-state index is -4.03. The van der Waals surface area contributed by atoms with Crippen LogP contribution in [0.2, 0.25) is 0 Å². The summed E-state index contributed by atoms with van der Waals surface area (Å²) < 4.78 is 35.1. The van der Waals surface area contributed by atoms with Crippen molar-refractivity contribution in [3.8, 4) is 5.75 Å². The Balaban J connectivity index is 1.92. The van der Waals surface area contributed by atoms with E-state index < -0.39 is 22.0 Å². The summed E-state index contributed by atoms with van der Waals surface area (Å²) >= 11 is 0. The number of benzene rings is 2. The fourth-order valence-corrected chi connectivity index (χ4v) is 2.82. The molecule has 8 nitrogen and oxygen atoms in total. The summed E-state index contributed by atoms with van der Waals surface area (Å²) in [7, 11) is -2.97. The lowest BCUT2D eigenvalue weighted by Crippen LogP contribution is -2.30. The van der Waals surface area contributed by atoms with Gasteiger partial charge in [-0.3, -0.25) is 4.79 Å². The average Bonchev–Trinajstić information content (AvgIpc) is 2.61. The van der Waals surface area contributed by atoms with Gasteiger partial charge in [0.05, 0.1) is 12.0 Å². The summed E-state index contributed by atoms with van der Waals surface area (Å²) in [6.45, 7) is 1.76. The molecule has 0 saturated carbocycles. The average molecular weight is 378 g/mol. The lowest BCUT2D eigenvalue weighted by molar-refractivity contribution is -0.118. The monoisotopic (exact) mass is 378 g/mol. The Bertz CT molecular complexity index is 876. The molecule has 26 heavy (non-hydrogen) atoms. The topological polar surface area (TPSA) is 111 Å². The second-order valence-corrected chi connectivity index (χ2v) is 6.95. The van der Waals surface area contributed by atoms with Gasteiger partial charge < -0.3 is 14.8 Å². The largest absolute Gasteiger partial charge is 0.484 e. The Morgan fingerprint density at radius 1 is 1.00 bits per heavy atom. The molecule has 0 saturated heterocycles. The van der Waals surface area contributed by atoms with Gasteiger partial charge in [-0.25, -0.2) is 17.9 Å². The third kappa shape index (κ3) is 5.49. The van der Waals surface area contributed by atoms with Crippen LogP contribution in [0.5, 0.6) is 5.75 Å². The lowest BCUT2D eigenvalue weighted by atomic mass is 10.2. The van der Waals surface area contributed by atoms with Crippen LogP contribution in [-0.4, -0.2) is 34.1 Å². The zero-order valence-corrected chi connectivity index (χ0v) is 15.0. The van der Waals surface area contributed by atoms with Gasteiger partial charge in [-0.05, 0) is 43.3 Å². The minimum Gasteiger partial charge on any atom is -0.484 e. The fraction of sp³-hybridized carbons (Fsp3) is 0.176.